The van der Waals surface area contributed by atoms with E-state index < -0.39 is 0 Å². The Kier molecular flexibility index (Phi) is 3.98. The fourth-order valence-corrected chi connectivity index (χ4v) is 1.57. The number of nitrogens with zero attached hydrogens (tertiary/aromatic N) is 2. The van der Waals surface area contributed by atoms with Gasteiger partial charge in [0.1, 0.15) is 0 Å². The van der Waals surface area contributed by atoms with Crippen molar-refractivity contribution in [2.24, 2.45) is 0 Å². The Hall–Kier alpha value is -0.120. The molecule has 0 aliphatic carbocycles. The molecule has 12 heavy (non-hydrogen) atoms. The van der Waals surface area contributed by atoms with Gasteiger partial charge in [-0.05, 0) is 13.3 Å². The third kappa shape index (κ3) is 2.44. The zero-order chi connectivity index (χ0) is 8.97. The number of ether oxygens (including phenoxy) is 1. The first-order valence-corrected chi connectivity index (χ1v) is 4.73. The van der Waals surface area contributed by atoms with Crippen LogP contribution >= 0.6 is 0 Å². The quantitative estimate of drug-likeness (QED) is 0.628. The Balaban J connectivity index is 2.25. The highest BCUT2D eigenvalue weighted by Gasteiger charge is 2.22. The highest BCUT2D eigenvalue weighted by atomic mass is 16.5. The smallest absolute Gasteiger partial charge is 0.0997 e. The van der Waals surface area contributed by atoms with Crippen molar-refractivity contribution in [3.8, 4) is 0 Å². The Morgan fingerprint density at radius 1 is 1.42 bits per heavy atom. The van der Waals surface area contributed by atoms with Gasteiger partial charge in [-0.1, -0.05) is 6.92 Å². The monoisotopic (exact) mass is 172 g/mol. The van der Waals surface area contributed by atoms with Crippen LogP contribution in [0.5, 0.6) is 0 Å². The van der Waals surface area contributed by atoms with Crippen LogP contribution in [0.15, 0.2) is 0 Å². The van der Waals surface area contributed by atoms with Gasteiger partial charge >= 0.3 is 0 Å². The summed E-state index contributed by atoms with van der Waals surface area (Å²) in [4.78, 5) is 4.82. The summed E-state index contributed by atoms with van der Waals surface area (Å²) in [6.07, 6.45) is 1.24. The minimum atomic E-state index is 0.715. The fourth-order valence-electron chi connectivity index (χ4n) is 1.57. The predicted molar refractivity (Wildman–Crippen MR) is 49.9 cm³/mol. The lowest BCUT2D eigenvalue weighted by atomic mass is 10.2. The molecule has 1 fully saturated rings. The van der Waals surface area contributed by atoms with Gasteiger partial charge in [0.25, 0.3) is 0 Å². The predicted octanol–water partition coefficient (Wildman–Crippen LogP) is 0.964. The lowest BCUT2D eigenvalue weighted by Crippen LogP contribution is -2.32. The molecule has 1 saturated heterocycles. The molecule has 0 bridgehead atoms. The molecule has 3 nitrogen and oxygen atoms in total. The molecule has 0 radical (unpaired) electrons. The fraction of sp³-hybridized carbons (Fsp3) is 1.00. The van der Waals surface area contributed by atoms with E-state index in [-0.39, 0.29) is 0 Å². The molecule has 1 aliphatic heterocycles. The summed E-state index contributed by atoms with van der Waals surface area (Å²) in [5.41, 5.74) is 0. The summed E-state index contributed by atoms with van der Waals surface area (Å²) in [5.74, 6) is 0. The highest BCUT2D eigenvalue weighted by molar-refractivity contribution is 4.73. The normalized spacial score (nSPS) is 23.2. The van der Waals surface area contributed by atoms with E-state index in [2.05, 4.69) is 23.6 Å². The molecule has 0 spiro atoms. The van der Waals surface area contributed by atoms with Gasteiger partial charge < -0.3 is 4.74 Å². The molecule has 1 atom stereocenters. The molecule has 0 N–H and O–H groups in total. The van der Waals surface area contributed by atoms with E-state index in [0.717, 1.165) is 19.9 Å². The van der Waals surface area contributed by atoms with Gasteiger partial charge in [0.15, 0.2) is 0 Å². The molecule has 0 aromatic heterocycles. The maximum absolute atomic E-state index is 5.09. The molecule has 72 valence electrons. The second-order valence-corrected chi connectivity index (χ2v) is 3.52. The first-order valence-electron chi connectivity index (χ1n) is 4.73. The second-order valence-electron chi connectivity index (χ2n) is 3.52. The number of hydrogen-bond acceptors (Lipinski definition) is 3. The summed E-state index contributed by atoms with van der Waals surface area (Å²) >= 11 is 0. The molecule has 1 unspecified atom stereocenters. The van der Waals surface area contributed by atoms with Crippen molar-refractivity contribution in [2.45, 2.75) is 26.3 Å². The Morgan fingerprint density at radius 2 is 2.17 bits per heavy atom. The van der Waals surface area contributed by atoms with Gasteiger partial charge in [0.05, 0.1) is 13.4 Å². The standard InChI is InChI=1S/C9H20N2O/c1-4-9(2)11-6-5-10(7-11)8-12-3/h9H,4-8H2,1-3H3. The van der Waals surface area contributed by atoms with Crippen LogP contribution in [0.3, 0.4) is 0 Å². The van der Waals surface area contributed by atoms with Crippen LogP contribution in [0.4, 0.5) is 0 Å². The van der Waals surface area contributed by atoms with Gasteiger partial charge in [0.2, 0.25) is 0 Å². The molecule has 0 saturated carbocycles. The van der Waals surface area contributed by atoms with E-state index in [1.54, 1.807) is 7.11 Å². The SMILES string of the molecule is CCC(C)N1CCN(COC)C1. The van der Waals surface area contributed by atoms with Crippen molar-refractivity contribution in [3.63, 3.8) is 0 Å². The van der Waals surface area contributed by atoms with Gasteiger partial charge in [-0.3, -0.25) is 9.80 Å². The molecule has 1 heterocycles. The van der Waals surface area contributed by atoms with Crippen LogP contribution in [-0.4, -0.2) is 49.4 Å². The first kappa shape index (κ1) is 9.96. The zero-order valence-corrected chi connectivity index (χ0v) is 8.42. The van der Waals surface area contributed by atoms with E-state index in [0.29, 0.717) is 6.04 Å². The van der Waals surface area contributed by atoms with Crippen LogP contribution < -0.4 is 0 Å². The minimum Gasteiger partial charge on any atom is -0.369 e. The van der Waals surface area contributed by atoms with E-state index in [1.807, 2.05) is 0 Å². The second kappa shape index (κ2) is 4.80. The van der Waals surface area contributed by atoms with Gasteiger partial charge in [-0.25, -0.2) is 0 Å². The summed E-state index contributed by atoms with van der Waals surface area (Å²) in [7, 11) is 1.76. The molecule has 0 amide bonds. The molecule has 1 rings (SSSR count). The number of rotatable bonds is 4. The lowest BCUT2D eigenvalue weighted by Gasteiger charge is -2.22. The highest BCUT2D eigenvalue weighted by Crippen LogP contribution is 2.10. The van der Waals surface area contributed by atoms with E-state index in [9.17, 15) is 0 Å². The maximum atomic E-state index is 5.09. The molecule has 3 heteroatoms. The van der Waals surface area contributed by atoms with Crippen molar-refractivity contribution in [2.75, 3.05) is 33.6 Å². The van der Waals surface area contributed by atoms with E-state index in [1.165, 1.54) is 13.0 Å². The largest absolute Gasteiger partial charge is 0.369 e. The topological polar surface area (TPSA) is 15.7 Å². The van der Waals surface area contributed by atoms with Gasteiger partial charge in [-0.15, -0.1) is 0 Å². The Bertz CT molecular complexity index is 130. The average molecular weight is 172 g/mol. The molecular formula is C9H20N2O. The maximum Gasteiger partial charge on any atom is 0.0997 e. The third-order valence-corrected chi connectivity index (χ3v) is 2.61. The van der Waals surface area contributed by atoms with Crippen molar-refractivity contribution < 1.29 is 4.74 Å². The van der Waals surface area contributed by atoms with E-state index in [4.69, 9.17) is 4.74 Å². The molecule has 0 aromatic carbocycles. The Morgan fingerprint density at radius 3 is 2.75 bits per heavy atom. The molecule has 1 aliphatic rings. The number of methoxy groups -OCH3 is 1. The van der Waals surface area contributed by atoms with Crippen molar-refractivity contribution in [1.29, 1.82) is 0 Å². The zero-order valence-electron chi connectivity index (χ0n) is 8.42. The van der Waals surface area contributed by atoms with Crippen molar-refractivity contribution in [3.05, 3.63) is 0 Å². The van der Waals surface area contributed by atoms with Crippen LogP contribution in [0.25, 0.3) is 0 Å². The minimum absolute atomic E-state index is 0.715. The summed E-state index contributed by atoms with van der Waals surface area (Å²) < 4.78 is 5.09. The summed E-state index contributed by atoms with van der Waals surface area (Å²) in [5, 5.41) is 0. The van der Waals surface area contributed by atoms with Crippen LogP contribution in [-0.2, 0) is 4.74 Å². The summed E-state index contributed by atoms with van der Waals surface area (Å²) in [6.45, 7) is 8.71. The van der Waals surface area contributed by atoms with Gasteiger partial charge in [-0.2, -0.15) is 0 Å². The van der Waals surface area contributed by atoms with E-state index >= 15 is 0 Å². The summed E-state index contributed by atoms with van der Waals surface area (Å²) in [6, 6.07) is 0.715. The number of hydrogen-bond donors (Lipinski definition) is 0. The Labute approximate surface area is 75.3 Å². The van der Waals surface area contributed by atoms with Crippen molar-refractivity contribution in [1.82, 2.24) is 9.80 Å². The molecular weight excluding hydrogens is 152 g/mol. The molecule has 0 aromatic rings. The van der Waals surface area contributed by atoms with Crippen LogP contribution in [0.1, 0.15) is 20.3 Å². The third-order valence-electron chi connectivity index (χ3n) is 2.61. The van der Waals surface area contributed by atoms with Crippen LogP contribution in [0.2, 0.25) is 0 Å². The van der Waals surface area contributed by atoms with Crippen LogP contribution in [0, 0.1) is 0 Å². The lowest BCUT2D eigenvalue weighted by molar-refractivity contribution is 0.0628. The first-order chi connectivity index (χ1) is 5.77. The van der Waals surface area contributed by atoms with Gasteiger partial charge in [0, 0.05) is 26.2 Å². The van der Waals surface area contributed by atoms with Crippen molar-refractivity contribution >= 4 is 0 Å². The average Bonchev–Trinajstić information content (AvgIpc) is 2.52.